The van der Waals surface area contributed by atoms with E-state index >= 15 is 0 Å². The van der Waals surface area contributed by atoms with Gasteiger partial charge in [0.2, 0.25) is 5.91 Å². The third-order valence-electron chi connectivity index (χ3n) is 4.42. The van der Waals surface area contributed by atoms with Crippen LogP contribution in [0.2, 0.25) is 0 Å². The lowest BCUT2D eigenvalue weighted by Crippen LogP contribution is -2.15. The molecule has 152 valence electrons. The number of carbonyl (C=O) groups excluding carboxylic acids is 1. The van der Waals surface area contributed by atoms with Gasteiger partial charge in [-0.25, -0.2) is 0 Å². The molecule has 0 radical (unpaired) electrons. The topological polar surface area (TPSA) is 67.0 Å². The van der Waals surface area contributed by atoms with E-state index < -0.39 is 11.7 Å². The summed E-state index contributed by atoms with van der Waals surface area (Å²) in [6, 6.07) is 12.0. The molecule has 29 heavy (non-hydrogen) atoms. The summed E-state index contributed by atoms with van der Waals surface area (Å²) in [5, 5.41) is 9.74. The second-order valence-corrected chi connectivity index (χ2v) is 6.43. The van der Waals surface area contributed by atoms with Crippen LogP contribution < -0.4 is 10.1 Å². The summed E-state index contributed by atoms with van der Waals surface area (Å²) in [7, 11) is 1.54. The number of rotatable bonds is 6. The third kappa shape index (κ3) is 4.77. The van der Waals surface area contributed by atoms with E-state index in [1.807, 2.05) is 6.92 Å². The molecule has 3 aromatic rings. The Balaban J connectivity index is 1.88. The Bertz CT molecular complexity index is 1010. The van der Waals surface area contributed by atoms with Crippen LogP contribution in [-0.2, 0) is 23.8 Å². The van der Waals surface area contributed by atoms with Crippen molar-refractivity contribution in [1.82, 2.24) is 10.2 Å². The van der Waals surface area contributed by atoms with E-state index in [1.165, 1.54) is 12.1 Å². The van der Waals surface area contributed by atoms with Gasteiger partial charge < -0.3 is 10.1 Å². The van der Waals surface area contributed by atoms with Crippen LogP contribution in [-0.4, -0.2) is 23.2 Å². The first-order valence-corrected chi connectivity index (χ1v) is 8.99. The summed E-state index contributed by atoms with van der Waals surface area (Å²) in [5.41, 5.74) is 1.55. The van der Waals surface area contributed by atoms with Crippen LogP contribution in [0.3, 0.4) is 0 Å². The highest BCUT2D eigenvalue weighted by Gasteiger charge is 2.31. The quantitative estimate of drug-likeness (QED) is 0.618. The average Bonchev–Trinajstić information content (AvgIpc) is 3.10. The van der Waals surface area contributed by atoms with Crippen molar-refractivity contribution in [2.45, 2.75) is 25.9 Å². The summed E-state index contributed by atoms with van der Waals surface area (Å²) >= 11 is 0. The van der Waals surface area contributed by atoms with Crippen LogP contribution in [0.15, 0.2) is 48.5 Å². The first-order chi connectivity index (χ1) is 13.8. The van der Waals surface area contributed by atoms with Gasteiger partial charge in [0.15, 0.2) is 0 Å². The van der Waals surface area contributed by atoms with Crippen LogP contribution in [0.25, 0.3) is 11.3 Å². The minimum Gasteiger partial charge on any atom is -0.497 e. The highest BCUT2D eigenvalue weighted by Crippen LogP contribution is 2.35. The fourth-order valence-corrected chi connectivity index (χ4v) is 2.97. The highest BCUT2D eigenvalue weighted by atomic mass is 19.4. The molecule has 0 aliphatic heterocycles. The SMILES string of the molecule is CCc1[nH]nc(-c2cccc(C(F)(F)F)c2)c1NC(=O)Cc1cccc(OC)c1. The zero-order chi connectivity index (χ0) is 21.0. The summed E-state index contributed by atoms with van der Waals surface area (Å²) in [5.74, 6) is 0.333. The molecule has 0 atom stereocenters. The fraction of sp³-hybridized carbons (Fsp3) is 0.238. The molecule has 2 N–H and O–H groups in total. The maximum atomic E-state index is 13.1. The minimum atomic E-state index is -4.46. The fourth-order valence-electron chi connectivity index (χ4n) is 2.97. The Morgan fingerprint density at radius 1 is 1.17 bits per heavy atom. The molecule has 0 aliphatic rings. The number of aryl methyl sites for hydroxylation is 1. The van der Waals surface area contributed by atoms with E-state index in [0.717, 1.165) is 17.7 Å². The van der Waals surface area contributed by atoms with Crippen molar-refractivity contribution in [3.8, 4) is 17.0 Å². The van der Waals surface area contributed by atoms with Gasteiger partial charge in [0.1, 0.15) is 11.4 Å². The summed E-state index contributed by atoms with van der Waals surface area (Å²) in [6.45, 7) is 1.86. The molecule has 3 rings (SSSR count). The van der Waals surface area contributed by atoms with Crippen molar-refractivity contribution in [3.63, 3.8) is 0 Å². The summed E-state index contributed by atoms with van der Waals surface area (Å²) in [6.07, 6.45) is -3.84. The molecular formula is C21H20F3N3O2. The number of benzene rings is 2. The highest BCUT2D eigenvalue weighted by molar-refractivity contribution is 5.96. The lowest BCUT2D eigenvalue weighted by atomic mass is 10.1. The van der Waals surface area contributed by atoms with Gasteiger partial charge in [-0.2, -0.15) is 18.3 Å². The van der Waals surface area contributed by atoms with Crippen LogP contribution in [0, 0.1) is 0 Å². The zero-order valence-electron chi connectivity index (χ0n) is 15.9. The van der Waals surface area contributed by atoms with Crippen molar-refractivity contribution < 1.29 is 22.7 Å². The molecule has 1 amide bonds. The number of nitrogens with zero attached hydrogens (tertiary/aromatic N) is 1. The van der Waals surface area contributed by atoms with Gasteiger partial charge in [-0.3, -0.25) is 9.89 Å². The van der Waals surface area contributed by atoms with Crippen molar-refractivity contribution in [1.29, 1.82) is 0 Å². The van der Waals surface area contributed by atoms with Crippen LogP contribution in [0.1, 0.15) is 23.7 Å². The van der Waals surface area contributed by atoms with Gasteiger partial charge in [0, 0.05) is 5.56 Å². The molecule has 5 nitrogen and oxygen atoms in total. The molecule has 0 fully saturated rings. The number of H-pyrrole nitrogens is 1. The Kier molecular flexibility index (Phi) is 5.91. The molecule has 0 saturated heterocycles. The molecule has 8 heteroatoms. The molecule has 0 aliphatic carbocycles. The van der Waals surface area contributed by atoms with Gasteiger partial charge in [-0.1, -0.05) is 31.2 Å². The van der Waals surface area contributed by atoms with Gasteiger partial charge in [0.05, 0.1) is 30.5 Å². The van der Waals surface area contributed by atoms with Gasteiger partial charge in [-0.15, -0.1) is 0 Å². The second kappa shape index (κ2) is 8.38. The number of hydrogen-bond donors (Lipinski definition) is 2. The number of halogens is 3. The Morgan fingerprint density at radius 3 is 2.62 bits per heavy atom. The number of aromatic nitrogens is 2. The van der Waals surface area contributed by atoms with Gasteiger partial charge >= 0.3 is 6.18 Å². The van der Waals surface area contributed by atoms with E-state index in [2.05, 4.69) is 15.5 Å². The number of ether oxygens (including phenoxy) is 1. The Morgan fingerprint density at radius 2 is 1.93 bits per heavy atom. The van der Waals surface area contributed by atoms with E-state index in [1.54, 1.807) is 31.4 Å². The zero-order valence-corrected chi connectivity index (χ0v) is 15.9. The Hall–Kier alpha value is -3.29. The van der Waals surface area contributed by atoms with Gasteiger partial charge in [-0.05, 0) is 36.2 Å². The molecule has 0 spiro atoms. The second-order valence-electron chi connectivity index (χ2n) is 6.43. The number of alkyl halides is 3. The van der Waals surface area contributed by atoms with Crippen LogP contribution in [0.4, 0.5) is 18.9 Å². The lowest BCUT2D eigenvalue weighted by Gasteiger charge is -2.11. The molecule has 0 unspecified atom stereocenters. The summed E-state index contributed by atoms with van der Waals surface area (Å²) < 4.78 is 44.3. The number of hydrogen-bond acceptors (Lipinski definition) is 3. The number of nitrogens with one attached hydrogen (secondary N) is 2. The van der Waals surface area contributed by atoms with E-state index in [-0.39, 0.29) is 23.6 Å². The average molecular weight is 403 g/mol. The number of methoxy groups -OCH3 is 1. The first-order valence-electron chi connectivity index (χ1n) is 8.99. The monoisotopic (exact) mass is 403 g/mol. The largest absolute Gasteiger partial charge is 0.497 e. The predicted octanol–water partition coefficient (Wildman–Crippen LogP) is 4.85. The predicted molar refractivity (Wildman–Crippen MR) is 104 cm³/mol. The van der Waals surface area contributed by atoms with E-state index in [0.29, 0.717) is 23.6 Å². The van der Waals surface area contributed by atoms with Crippen LogP contribution in [0.5, 0.6) is 5.75 Å². The summed E-state index contributed by atoms with van der Waals surface area (Å²) in [4.78, 5) is 12.6. The smallest absolute Gasteiger partial charge is 0.416 e. The Labute approximate surface area is 165 Å². The minimum absolute atomic E-state index is 0.0908. The molecule has 0 saturated carbocycles. The van der Waals surface area contributed by atoms with Crippen molar-refractivity contribution >= 4 is 11.6 Å². The lowest BCUT2D eigenvalue weighted by molar-refractivity contribution is -0.137. The van der Waals surface area contributed by atoms with Crippen molar-refractivity contribution in [2.24, 2.45) is 0 Å². The van der Waals surface area contributed by atoms with E-state index in [9.17, 15) is 18.0 Å². The number of anilines is 1. The van der Waals surface area contributed by atoms with Gasteiger partial charge in [0.25, 0.3) is 0 Å². The normalized spacial score (nSPS) is 11.3. The first kappa shape index (κ1) is 20.4. The number of aromatic amines is 1. The standard InChI is InChI=1S/C21H20F3N3O2/c1-3-17-20(25-18(28)11-13-6-4-9-16(10-13)29-2)19(27-26-17)14-7-5-8-15(12-14)21(22,23)24/h4-10,12H,3,11H2,1-2H3,(H,25,28)(H,26,27). The number of carbonyl (C=O) groups is 1. The molecule has 2 aromatic carbocycles. The molecular weight excluding hydrogens is 383 g/mol. The third-order valence-corrected chi connectivity index (χ3v) is 4.42. The molecule has 1 heterocycles. The molecule has 0 bridgehead atoms. The van der Waals surface area contributed by atoms with Crippen molar-refractivity contribution in [2.75, 3.05) is 12.4 Å². The van der Waals surface area contributed by atoms with Crippen LogP contribution >= 0.6 is 0 Å². The maximum Gasteiger partial charge on any atom is 0.416 e. The molecule has 1 aromatic heterocycles. The van der Waals surface area contributed by atoms with E-state index in [4.69, 9.17) is 4.74 Å². The van der Waals surface area contributed by atoms with Crippen molar-refractivity contribution in [3.05, 3.63) is 65.4 Å². The maximum absolute atomic E-state index is 13.1. The number of amides is 1.